The van der Waals surface area contributed by atoms with Crippen LogP contribution < -0.4 is 27.0 Å². The first-order chi connectivity index (χ1) is 12.8. The molecular weight excluding hydrogens is 404 g/mol. The third-order valence-electron chi connectivity index (χ3n) is 4.96. The average Bonchev–Trinajstić information content (AvgIpc) is 2.72. The summed E-state index contributed by atoms with van der Waals surface area (Å²) in [5, 5.41) is 5.47. The first-order valence-electron chi connectivity index (χ1n) is 8.84. The predicted molar refractivity (Wildman–Crippen MR) is 132 cm³/mol. The van der Waals surface area contributed by atoms with Gasteiger partial charge < -0.3 is 0 Å². The molecule has 0 aliphatic rings. The molecule has 0 fully saturated rings. The molecule has 144 valence electrons. The van der Waals surface area contributed by atoms with Crippen molar-refractivity contribution in [1.82, 2.24) is 0 Å². The van der Waals surface area contributed by atoms with E-state index in [9.17, 15) is 0 Å². The Balaban J connectivity index is 0.00000140. The topological polar surface area (TPSA) is 26.0 Å². The summed E-state index contributed by atoms with van der Waals surface area (Å²) in [6.45, 7) is 0. The van der Waals surface area contributed by atoms with Gasteiger partial charge in [0.15, 0.2) is 0 Å². The van der Waals surface area contributed by atoms with Gasteiger partial charge in [-0.1, -0.05) is 0 Å². The van der Waals surface area contributed by atoms with Crippen molar-refractivity contribution in [1.29, 1.82) is 0 Å². The zero-order valence-electron chi connectivity index (χ0n) is 15.4. The Morgan fingerprint density at radius 1 is 0.393 bits per heavy atom. The third kappa shape index (κ3) is 3.93. The summed E-state index contributed by atoms with van der Waals surface area (Å²) in [4.78, 5) is 0. The van der Waals surface area contributed by atoms with Gasteiger partial charge in [-0.2, -0.15) is 0 Å². The summed E-state index contributed by atoms with van der Waals surface area (Å²) >= 11 is 0. The standard InChI is InChI=1S/C24H22NP.2ClH/c25-20-16-18-24(19-17-20)26(21-10-4-1-5-11-21,22-12-6-2-7-13-22)23-14-8-3-9-15-23;;/h1-19,26H,25H2;2*1H. The molecule has 1 nitrogen and oxygen atoms in total. The summed E-state index contributed by atoms with van der Waals surface area (Å²) < 4.78 is 0. The molecule has 28 heavy (non-hydrogen) atoms. The molecule has 0 bridgehead atoms. The van der Waals surface area contributed by atoms with Crippen LogP contribution in [0, 0.1) is 0 Å². The van der Waals surface area contributed by atoms with Crippen LogP contribution >= 0.6 is 32.1 Å². The van der Waals surface area contributed by atoms with E-state index in [4.69, 9.17) is 5.73 Å². The molecule has 0 atom stereocenters. The molecule has 0 heterocycles. The molecule has 0 saturated heterocycles. The van der Waals surface area contributed by atoms with Gasteiger partial charge in [0.1, 0.15) is 0 Å². The van der Waals surface area contributed by atoms with E-state index in [0.717, 1.165) is 5.69 Å². The van der Waals surface area contributed by atoms with Gasteiger partial charge in [0, 0.05) is 0 Å². The van der Waals surface area contributed by atoms with E-state index in [-0.39, 0.29) is 24.8 Å². The van der Waals surface area contributed by atoms with E-state index in [1.54, 1.807) is 0 Å². The monoisotopic (exact) mass is 427 g/mol. The molecule has 0 aliphatic carbocycles. The van der Waals surface area contributed by atoms with Crippen molar-refractivity contribution in [2.24, 2.45) is 0 Å². The second kappa shape index (κ2) is 9.75. The van der Waals surface area contributed by atoms with Crippen LogP contribution in [0.25, 0.3) is 0 Å². The van der Waals surface area contributed by atoms with E-state index < -0.39 is 7.26 Å². The fourth-order valence-corrected chi connectivity index (χ4v) is 8.54. The molecule has 4 aromatic carbocycles. The molecule has 0 spiro atoms. The molecule has 0 aliphatic heterocycles. The number of halogens is 2. The van der Waals surface area contributed by atoms with Crippen LogP contribution in [0.3, 0.4) is 0 Å². The summed E-state index contributed by atoms with van der Waals surface area (Å²) in [5.41, 5.74) is 6.80. The summed E-state index contributed by atoms with van der Waals surface area (Å²) in [7, 11) is -2.38. The fraction of sp³-hybridized carbons (Fsp3) is 0. The Morgan fingerprint density at radius 3 is 1.00 bits per heavy atom. The second-order valence-corrected chi connectivity index (χ2v) is 10.3. The van der Waals surface area contributed by atoms with Gasteiger partial charge in [0.05, 0.1) is 0 Å². The number of rotatable bonds is 4. The molecule has 4 heteroatoms. The van der Waals surface area contributed by atoms with Crippen LogP contribution in [-0.2, 0) is 0 Å². The number of nitrogens with two attached hydrogens (primary N) is 1. The van der Waals surface area contributed by atoms with Gasteiger partial charge in [-0.25, -0.2) is 0 Å². The van der Waals surface area contributed by atoms with Gasteiger partial charge >= 0.3 is 155 Å². The third-order valence-corrected chi connectivity index (χ3v) is 9.76. The van der Waals surface area contributed by atoms with Gasteiger partial charge in [-0.15, -0.1) is 24.8 Å². The van der Waals surface area contributed by atoms with Crippen molar-refractivity contribution in [2.75, 3.05) is 5.73 Å². The molecule has 0 saturated carbocycles. The van der Waals surface area contributed by atoms with E-state index in [2.05, 4.69) is 103 Å². The van der Waals surface area contributed by atoms with Crippen molar-refractivity contribution in [3.05, 3.63) is 115 Å². The minimum absolute atomic E-state index is 0. The van der Waals surface area contributed by atoms with Gasteiger partial charge in [-0.05, 0) is 0 Å². The molecule has 0 unspecified atom stereocenters. The Morgan fingerprint density at radius 2 is 0.679 bits per heavy atom. The summed E-state index contributed by atoms with van der Waals surface area (Å²) in [5.74, 6) is 0. The van der Waals surface area contributed by atoms with Gasteiger partial charge in [0.2, 0.25) is 0 Å². The maximum atomic E-state index is 6.00. The van der Waals surface area contributed by atoms with Crippen LogP contribution in [-0.4, -0.2) is 0 Å². The molecule has 0 radical (unpaired) electrons. The Labute approximate surface area is 179 Å². The first kappa shape index (κ1) is 22.0. The van der Waals surface area contributed by atoms with E-state index in [1.807, 2.05) is 12.1 Å². The molecule has 0 aromatic heterocycles. The normalized spacial score (nSPS) is 11.0. The number of anilines is 1. The van der Waals surface area contributed by atoms with E-state index >= 15 is 0 Å². The molecule has 2 N–H and O–H groups in total. The number of hydrogen-bond acceptors (Lipinski definition) is 1. The Kier molecular flexibility index (Phi) is 7.66. The molecule has 4 rings (SSSR count). The fourth-order valence-electron chi connectivity index (χ4n) is 3.80. The van der Waals surface area contributed by atoms with Crippen LogP contribution in [0.2, 0.25) is 0 Å². The average molecular weight is 428 g/mol. The summed E-state index contributed by atoms with van der Waals surface area (Å²) in [6, 6.07) is 41.1. The van der Waals surface area contributed by atoms with Crippen molar-refractivity contribution in [3.63, 3.8) is 0 Å². The number of benzene rings is 4. The molecule has 0 amide bonds. The number of hydrogen-bond donors (Lipinski definition) is 1. The Hall–Kier alpha value is -2.31. The van der Waals surface area contributed by atoms with Crippen LogP contribution in [0.4, 0.5) is 5.69 Å². The zero-order valence-corrected chi connectivity index (χ0v) is 18.0. The van der Waals surface area contributed by atoms with Gasteiger partial charge in [-0.3, -0.25) is 0 Å². The first-order valence-corrected chi connectivity index (χ1v) is 10.8. The van der Waals surface area contributed by atoms with Crippen molar-refractivity contribution in [2.45, 2.75) is 0 Å². The van der Waals surface area contributed by atoms with Crippen molar-refractivity contribution in [3.8, 4) is 0 Å². The van der Waals surface area contributed by atoms with E-state index in [1.165, 1.54) is 21.2 Å². The quantitative estimate of drug-likeness (QED) is 0.377. The van der Waals surface area contributed by atoms with Crippen LogP contribution in [0.15, 0.2) is 115 Å². The summed E-state index contributed by atoms with van der Waals surface area (Å²) in [6.07, 6.45) is 0. The van der Waals surface area contributed by atoms with Crippen molar-refractivity contribution >= 4 is 59.0 Å². The van der Waals surface area contributed by atoms with Gasteiger partial charge in [0.25, 0.3) is 0 Å². The second-order valence-electron chi connectivity index (χ2n) is 6.47. The maximum absolute atomic E-state index is 6.00. The van der Waals surface area contributed by atoms with E-state index in [0.29, 0.717) is 0 Å². The zero-order chi connectivity index (χ0) is 17.8. The SMILES string of the molecule is Cl.Cl.Nc1ccc([PH](c2ccccc2)(c2ccccc2)c2ccccc2)cc1. The number of nitrogen functional groups attached to an aromatic ring is 1. The van der Waals surface area contributed by atoms with Crippen LogP contribution in [0.1, 0.15) is 0 Å². The Bertz CT molecular complexity index is 879. The van der Waals surface area contributed by atoms with Crippen LogP contribution in [0.5, 0.6) is 0 Å². The van der Waals surface area contributed by atoms with Crippen molar-refractivity contribution < 1.29 is 0 Å². The minimum atomic E-state index is -2.38. The molecule has 4 aromatic rings. The molecular formula is C24H24Cl2NP. The predicted octanol–water partition coefficient (Wildman–Crippen LogP) is 4.46.